The van der Waals surface area contributed by atoms with E-state index in [1.165, 1.54) is 32.4 Å². The van der Waals surface area contributed by atoms with Gasteiger partial charge >= 0.3 is 0 Å². The van der Waals surface area contributed by atoms with Crippen molar-refractivity contribution in [1.29, 1.82) is 0 Å². The van der Waals surface area contributed by atoms with E-state index in [1.54, 1.807) is 0 Å². The molecule has 0 aliphatic heterocycles. The lowest BCUT2D eigenvalue weighted by molar-refractivity contribution is -0.119. The maximum atomic E-state index is 12.0. The lowest BCUT2D eigenvalue weighted by atomic mass is 10.2. The molecule has 0 aliphatic rings. The highest BCUT2D eigenvalue weighted by atomic mass is 32.2. The molecule has 0 saturated carbocycles. The summed E-state index contributed by atoms with van der Waals surface area (Å²) in [6.07, 6.45) is 0. The van der Waals surface area contributed by atoms with Crippen molar-refractivity contribution in [3.8, 4) is 17.6 Å². The van der Waals surface area contributed by atoms with Gasteiger partial charge in [0, 0.05) is 7.05 Å². The van der Waals surface area contributed by atoms with Gasteiger partial charge in [-0.25, -0.2) is 13.1 Å². The number of sulfonamides is 1. The number of carbonyl (C=O) groups is 1. The van der Waals surface area contributed by atoms with E-state index in [0.717, 1.165) is 0 Å². The van der Waals surface area contributed by atoms with E-state index >= 15 is 0 Å². The van der Waals surface area contributed by atoms with Crippen molar-refractivity contribution in [3.63, 3.8) is 0 Å². The predicted molar refractivity (Wildman–Crippen MR) is 76.2 cm³/mol. The Morgan fingerprint density at radius 2 is 2.14 bits per heavy atom. The Morgan fingerprint density at radius 3 is 2.71 bits per heavy atom. The van der Waals surface area contributed by atoms with Crippen LogP contribution in [0.1, 0.15) is 5.56 Å². The zero-order chi connectivity index (χ0) is 15.9. The maximum absolute atomic E-state index is 12.0. The number of hydrogen-bond donors (Lipinski definition) is 3. The number of rotatable bonds is 5. The first kappa shape index (κ1) is 17.0. The average Bonchev–Trinajstić information content (AvgIpc) is 2.50. The zero-order valence-corrected chi connectivity index (χ0v) is 12.5. The van der Waals surface area contributed by atoms with E-state index < -0.39 is 15.9 Å². The van der Waals surface area contributed by atoms with Crippen LogP contribution in [0, 0.1) is 11.8 Å². The zero-order valence-electron chi connectivity index (χ0n) is 11.6. The van der Waals surface area contributed by atoms with Gasteiger partial charge in [-0.1, -0.05) is 11.8 Å². The van der Waals surface area contributed by atoms with E-state index in [-0.39, 0.29) is 18.0 Å². The fourth-order valence-corrected chi connectivity index (χ4v) is 2.43. The van der Waals surface area contributed by atoms with Gasteiger partial charge in [0.2, 0.25) is 15.9 Å². The van der Waals surface area contributed by atoms with Crippen LogP contribution in [-0.2, 0) is 14.8 Å². The second kappa shape index (κ2) is 7.64. The monoisotopic (exact) mass is 312 g/mol. The van der Waals surface area contributed by atoms with Crippen LogP contribution in [0.2, 0.25) is 0 Å². The van der Waals surface area contributed by atoms with Gasteiger partial charge in [0.25, 0.3) is 0 Å². The number of carbonyl (C=O) groups excluding carboxylic acids is 1. The molecule has 7 nitrogen and oxygen atoms in total. The quantitative estimate of drug-likeness (QED) is 0.609. The number of methoxy groups -OCH3 is 1. The number of benzene rings is 1. The Balaban J connectivity index is 3.10. The van der Waals surface area contributed by atoms with Crippen LogP contribution in [0.15, 0.2) is 23.1 Å². The lowest BCUT2D eigenvalue weighted by Crippen LogP contribution is -2.35. The molecule has 0 radical (unpaired) electrons. The summed E-state index contributed by atoms with van der Waals surface area (Å²) in [7, 11) is -0.997. The summed E-state index contributed by atoms with van der Waals surface area (Å²) in [4.78, 5) is 11.0. The standard InChI is InChI=1S/C13H16N2O5S/c1-14-13(17)9-15-21(18,19)11-5-6-12(20-2)10(8-11)4-3-7-16/h5-6,8,15-16H,7,9H2,1-2H3,(H,14,17). The van der Waals surface area contributed by atoms with E-state index in [9.17, 15) is 13.2 Å². The first-order valence-electron chi connectivity index (χ1n) is 5.92. The summed E-state index contributed by atoms with van der Waals surface area (Å²) in [6, 6.07) is 4.11. The molecule has 0 aliphatic carbocycles. The van der Waals surface area contributed by atoms with Crippen molar-refractivity contribution in [1.82, 2.24) is 10.0 Å². The van der Waals surface area contributed by atoms with Gasteiger partial charge in [-0.15, -0.1) is 0 Å². The molecule has 0 saturated heterocycles. The Hall–Kier alpha value is -2.08. The first-order valence-corrected chi connectivity index (χ1v) is 7.41. The van der Waals surface area contributed by atoms with Gasteiger partial charge in [0.1, 0.15) is 12.4 Å². The van der Waals surface area contributed by atoms with Crippen LogP contribution >= 0.6 is 0 Å². The Kier molecular flexibility index (Phi) is 6.17. The summed E-state index contributed by atoms with van der Waals surface area (Å²) >= 11 is 0. The predicted octanol–water partition coefficient (Wildman–Crippen LogP) is -0.937. The summed E-state index contributed by atoms with van der Waals surface area (Å²) < 4.78 is 31.3. The molecular weight excluding hydrogens is 296 g/mol. The van der Waals surface area contributed by atoms with Gasteiger partial charge in [0.15, 0.2) is 0 Å². The topological polar surface area (TPSA) is 105 Å². The van der Waals surface area contributed by atoms with Gasteiger partial charge in [-0.3, -0.25) is 4.79 Å². The summed E-state index contributed by atoms with van der Waals surface area (Å²) in [6.45, 7) is -0.711. The molecular formula is C13H16N2O5S. The number of nitrogens with one attached hydrogen (secondary N) is 2. The van der Waals surface area contributed by atoms with Gasteiger partial charge in [0.05, 0.1) is 24.1 Å². The smallest absolute Gasteiger partial charge is 0.241 e. The highest BCUT2D eigenvalue weighted by molar-refractivity contribution is 7.89. The Labute approximate surface area is 123 Å². The normalized spacial score (nSPS) is 10.4. The molecule has 0 bridgehead atoms. The minimum absolute atomic E-state index is 0.0468. The van der Waals surface area contributed by atoms with Gasteiger partial charge in [-0.05, 0) is 18.2 Å². The Bertz CT molecular complexity index is 674. The molecule has 8 heteroatoms. The first-order chi connectivity index (χ1) is 9.94. The van der Waals surface area contributed by atoms with Crippen LogP contribution in [0.25, 0.3) is 0 Å². The van der Waals surface area contributed by atoms with E-state index in [4.69, 9.17) is 9.84 Å². The largest absolute Gasteiger partial charge is 0.495 e. The fraction of sp³-hybridized carbons (Fsp3) is 0.308. The number of hydrogen-bond acceptors (Lipinski definition) is 5. The number of aliphatic hydroxyl groups excluding tert-OH is 1. The number of amides is 1. The summed E-state index contributed by atoms with van der Waals surface area (Å²) in [5.41, 5.74) is 0.328. The SMILES string of the molecule is CNC(=O)CNS(=O)(=O)c1ccc(OC)c(C#CCO)c1. The minimum atomic E-state index is -3.83. The molecule has 1 rings (SSSR count). The van der Waals surface area contributed by atoms with Crippen LogP contribution in [0.3, 0.4) is 0 Å². The number of likely N-dealkylation sites (N-methyl/N-ethyl adjacent to an activating group) is 1. The van der Waals surface area contributed by atoms with E-state index in [2.05, 4.69) is 21.9 Å². The molecule has 0 aromatic heterocycles. The number of aliphatic hydroxyl groups is 1. The van der Waals surface area contributed by atoms with Crippen molar-refractivity contribution in [2.24, 2.45) is 0 Å². The van der Waals surface area contributed by atoms with Crippen molar-refractivity contribution in [2.75, 3.05) is 27.3 Å². The molecule has 0 heterocycles. The van der Waals surface area contributed by atoms with Crippen LogP contribution < -0.4 is 14.8 Å². The maximum Gasteiger partial charge on any atom is 0.241 e. The van der Waals surface area contributed by atoms with Crippen molar-refractivity contribution in [3.05, 3.63) is 23.8 Å². The lowest BCUT2D eigenvalue weighted by Gasteiger charge is -2.08. The minimum Gasteiger partial charge on any atom is -0.495 e. The van der Waals surface area contributed by atoms with E-state index in [1.807, 2.05) is 0 Å². The highest BCUT2D eigenvalue weighted by Gasteiger charge is 2.16. The van der Waals surface area contributed by atoms with Crippen molar-refractivity contribution in [2.45, 2.75) is 4.90 Å². The number of ether oxygens (including phenoxy) is 1. The summed E-state index contributed by atoms with van der Waals surface area (Å²) in [5.74, 6) is 4.97. The van der Waals surface area contributed by atoms with Crippen LogP contribution in [0.5, 0.6) is 5.75 Å². The second-order valence-electron chi connectivity index (χ2n) is 3.82. The summed E-state index contributed by atoms with van der Waals surface area (Å²) in [5, 5.41) is 11.0. The molecule has 0 spiro atoms. The molecule has 114 valence electrons. The average molecular weight is 312 g/mol. The fourth-order valence-electron chi connectivity index (χ4n) is 1.42. The Morgan fingerprint density at radius 1 is 1.43 bits per heavy atom. The van der Waals surface area contributed by atoms with E-state index in [0.29, 0.717) is 11.3 Å². The molecule has 3 N–H and O–H groups in total. The molecule has 1 aromatic carbocycles. The third-order valence-electron chi connectivity index (χ3n) is 2.48. The van der Waals surface area contributed by atoms with Crippen LogP contribution in [-0.4, -0.2) is 46.7 Å². The molecule has 0 fully saturated rings. The highest BCUT2D eigenvalue weighted by Crippen LogP contribution is 2.21. The molecule has 0 atom stereocenters. The third-order valence-corrected chi connectivity index (χ3v) is 3.88. The molecule has 21 heavy (non-hydrogen) atoms. The van der Waals surface area contributed by atoms with Gasteiger partial charge in [-0.2, -0.15) is 0 Å². The van der Waals surface area contributed by atoms with Crippen molar-refractivity contribution >= 4 is 15.9 Å². The third kappa shape index (κ3) is 4.75. The molecule has 0 unspecified atom stereocenters. The van der Waals surface area contributed by atoms with Gasteiger partial charge < -0.3 is 15.2 Å². The van der Waals surface area contributed by atoms with Crippen molar-refractivity contribution < 1.29 is 23.1 Å². The molecule has 1 amide bonds. The second-order valence-corrected chi connectivity index (χ2v) is 5.59. The molecule has 1 aromatic rings. The van der Waals surface area contributed by atoms with Crippen LogP contribution in [0.4, 0.5) is 0 Å².